The third kappa shape index (κ3) is 4.66. The number of amides is 1. The Bertz CT molecular complexity index is 1420. The summed E-state index contributed by atoms with van der Waals surface area (Å²) in [6.45, 7) is 8.44. The Kier molecular flexibility index (Phi) is 7.37. The number of aryl methyl sites for hydroxylation is 2. The van der Waals surface area contributed by atoms with Crippen LogP contribution in [-0.4, -0.2) is 33.8 Å². The van der Waals surface area contributed by atoms with Crippen LogP contribution in [0.25, 0.3) is 10.2 Å². The van der Waals surface area contributed by atoms with Crippen LogP contribution in [0.15, 0.2) is 22.6 Å². The number of hydrogen-bond acceptors (Lipinski definition) is 8. The molecule has 2 aliphatic rings. The number of allylic oxidation sites excluding steroid dienone is 1. The van der Waals surface area contributed by atoms with Gasteiger partial charge in [-0.25, -0.2) is 9.78 Å². The number of thiophene rings is 2. The monoisotopic (exact) mass is 543 g/mol. The van der Waals surface area contributed by atoms with Gasteiger partial charge in [-0.15, -0.1) is 29.3 Å². The summed E-state index contributed by atoms with van der Waals surface area (Å²) < 4.78 is 6.87. The number of fused-ring (bicyclic) bond motifs is 4. The summed E-state index contributed by atoms with van der Waals surface area (Å²) >= 11 is 4.30. The molecule has 0 aromatic carbocycles. The molecule has 0 saturated heterocycles. The summed E-state index contributed by atoms with van der Waals surface area (Å²) in [5, 5.41) is 4.71. The van der Waals surface area contributed by atoms with Crippen molar-refractivity contribution in [3.63, 3.8) is 0 Å². The van der Waals surface area contributed by atoms with Crippen molar-refractivity contribution in [1.29, 1.82) is 0 Å². The van der Waals surface area contributed by atoms with E-state index in [-0.39, 0.29) is 29.8 Å². The first-order valence-corrected chi connectivity index (χ1v) is 14.9. The van der Waals surface area contributed by atoms with Crippen molar-refractivity contribution >= 4 is 61.5 Å². The van der Waals surface area contributed by atoms with Gasteiger partial charge in [-0.3, -0.25) is 14.2 Å². The van der Waals surface area contributed by atoms with Crippen LogP contribution >= 0.6 is 34.4 Å². The van der Waals surface area contributed by atoms with Gasteiger partial charge in [0.1, 0.15) is 9.83 Å². The molecule has 1 N–H and O–H groups in total. The Hall–Kier alpha value is -2.43. The SMILES string of the molecule is C=CCn1c(SCC(=O)Nc2sc3c(c2C(=O)OCC)CCC3)nc2sc3c(c2c1=O)CC[C@@H](C)C3. The molecule has 3 heterocycles. The van der Waals surface area contributed by atoms with Gasteiger partial charge in [-0.05, 0) is 62.5 Å². The highest BCUT2D eigenvalue weighted by atomic mass is 32.2. The van der Waals surface area contributed by atoms with Gasteiger partial charge in [0.2, 0.25) is 5.91 Å². The van der Waals surface area contributed by atoms with Gasteiger partial charge in [0.05, 0.1) is 23.3 Å². The summed E-state index contributed by atoms with van der Waals surface area (Å²) in [4.78, 5) is 47.0. The fourth-order valence-corrected chi connectivity index (χ4v) is 8.54. The molecule has 36 heavy (non-hydrogen) atoms. The van der Waals surface area contributed by atoms with Crippen LogP contribution in [0, 0.1) is 5.92 Å². The van der Waals surface area contributed by atoms with Crippen molar-refractivity contribution in [2.75, 3.05) is 17.7 Å². The standard InChI is InChI=1S/C26H29N3O4S3/c1-4-11-29-24(31)20-16-10-9-14(3)12-18(16)36-22(20)28-26(29)34-13-19(30)27-23-21(25(32)33-5-2)15-7-6-8-17(15)35-23/h4,14H,1,5-13H2,2-3H3,(H,27,30)/t14-/m1/s1. The van der Waals surface area contributed by atoms with Gasteiger partial charge in [-0.2, -0.15) is 0 Å². The number of aromatic nitrogens is 2. The predicted octanol–water partition coefficient (Wildman–Crippen LogP) is 5.23. The van der Waals surface area contributed by atoms with Gasteiger partial charge in [-0.1, -0.05) is 24.8 Å². The molecule has 0 bridgehead atoms. The molecule has 3 aromatic rings. The second-order valence-corrected chi connectivity index (χ2v) is 12.4. The molecular weight excluding hydrogens is 515 g/mol. The minimum absolute atomic E-state index is 0.0610. The lowest BCUT2D eigenvalue weighted by Crippen LogP contribution is -2.24. The van der Waals surface area contributed by atoms with Gasteiger partial charge in [0.25, 0.3) is 5.56 Å². The molecule has 3 aromatic heterocycles. The smallest absolute Gasteiger partial charge is 0.341 e. The normalized spacial score (nSPS) is 16.6. The lowest BCUT2D eigenvalue weighted by atomic mass is 9.89. The number of rotatable bonds is 8. The fraction of sp³-hybridized carbons (Fsp3) is 0.462. The fourth-order valence-electron chi connectivity index (χ4n) is 5.01. The van der Waals surface area contributed by atoms with E-state index < -0.39 is 0 Å². The summed E-state index contributed by atoms with van der Waals surface area (Å²) in [6, 6.07) is 0. The number of esters is 1. The van der Waals surface area contributed by atoms with Crippen molar-refractivity contribution in [3.8, 4) is 0 Å². The first-order valence-electron chi connectivity index (χ1n) is 12.3. The second-order valence-electron chi connectivity index (χ2n) is 9.25. The van der Waals surface area contributed by atoms with Gasteiger partial charge in [0.15, 0.2) is 5.16 Å². The molecule has 7 nitrogen and oxygen atoms in total. The Balaban J connectivity index is 1.39. The zero-order valence-corrected chi connectivity index (χ0v) is 22.9. The van der Waals surface area contributed by atoms with E-state index >= 15 is 0 Å². The van der Waals surface area contributed by atoms with Crippen LogP contribution in [0.2, 0.25) is 0 Å². The first-order chi connectivity index (χ1) is 17.4. The van der Waals surface area contributed by atoms with Crippen molar-refractivity contribution in [3.05, 3.63) is 49.5 Å². The maximum atomic E-state index is 13.5. The number of carbonyl (C=O) groups excluding carboxylic acids is 2. The largest absolute Gasteiger partial charge is 0.462 e. The van der Waals surface area contributed by atoms with E-state index in [4.69, 9.17) is 9.72 Å². The number of nitrogens with one attached hydrogen (secondary N) is 1. The molecule has 0 radical (unpaired) electrons. The molecule has 0 unspecified atom stereocenters. The minimum atomic E-state index is -0.386. The predicted molar refractivity (Wildman–Crippen MR) is 147 cm³/mol. The van der Waals surface area contributed by atoms with E-state index in [2.05, 4.69) is 18.8 Å². The summed E-state index contributed by atoms with van der Waals surface area (Å²) in [7, 11) is 0. The van der Waals surface area contributed by atoms with E-state index in [0.29, 0.717) is 28.2 Å². The van der Waals surface area contributed by atoms with Crippen molar-refractivity contribution in [2.24, 2.45) is 5.92 Å². The van der Waals surface area contributed by atoms with Crippen LogP contribution in [-0.2, 0) is 41.8 Å². The zero-order valence-electron chi connectivity index (χ0n) is 20.5. The van der Waals surface area contributed by atoms with E-state index in [0.717, 1.165) is 64.7 Å². The highest BCUT2D eigenvalue weighted by Crippen LogP contribution is 2.40. The van der Waals surface area contributed by atoms with Gasteiger partial charge < -0.3 is 10.1 Å². The van der Waals surface area contributed by atoms with Crippen LogP contribution < -0.4 is 10.9 Å². The Morgan fingerprint density at radius 2 is 2.08 bits per heavy atom. The van der Waals surface area contributed by atoms with Crippen LogP contribution in [0.3, 0.4) is 0 Å². The zero-order chi connectivity index (χ0) is 25.4. The van der Waals surface area contributed by atoms with Crippen LogP contribution in [0.1, 0.15) is 57.9 Å². The molecular formula is C26H29N3O4S3. The summed E-state index contributed by atoms with van der Waals surface area (Å²) in [5.74, 6) is 0.0471. The molecule has 0 saturated carbocycles. The number of hydrogen-bond donors (Lipinski definition) is 1. The minimum Gasteiger partial charge on any atom is -0.462 e. The number of carbonyl (C=O) groups is 2. The Morgan fingerprint density at radius 3 is 2.86 bits per heavy atom. The summed E-state index contributed by atoms with van der Waals surface area (Å²) in [5.41, 5.74) is 2.59. The first kappa shape index (κ1) is 25.2. The molecule has 0 spiro atoms. The molecule has 2 aliphatic carbocycles. The van der Waals surface area contributed by atoms with Gasteiger partial charge in [0, 0.05) is 16.3 Å². The van der Waals surface area contributed by atoms with Crippen LogP contribution in [0.4, 0.5) is 5.00 Å². The van der Waals surface area contributed by atoms with Crippen LogP contribution in [0.5, 0.6) is 0 Å². The molecule has 1 amide bonds. The molecule has 190 valence electrons. The molecule has 0 fully saturated rings. The third-order valence-corrected chi connectivity index (χ3v) is 10.0. The molecule has 5 rings (SSSR count). The Labute approximate surface area is 222 Å². The number of thioether (sulfide) groups is 1. The topological polar surface area (TPSA) is 90.3 Å². The quantitative estimate of drug-likeness (QED) is 0.181. The third-order valence-electron chi connectivity index (χ3n) is 6.68. The van der Waals surface area contributed by atoms with E-state index in [1.807, 2.05) is 0 Å². The maximum Gasteiger partial charge on any atom is 0.341 e. The van der Waals surface area contributed by atoms with Crippen molar-refractivity contribution in [2.45, 2.75) is 64.1 Å². The average molecular weight is 544 g/mol. The highest BCUT2D eigenvalue weighted by Gasteiger charge is 2.29. The average Bonchev–Trinajstić information content (AvgIpc) is 3.52. The number of anilines is 1. The van der Waals surface area contributed by atoms with E-state index in [9.17, 15) is 14.4 Å². The van der Waals surface area contributed by atoms with Crippen molar-refractivity contribution in [1.82, 2.24) is 9.55 Å². The second kappa shape index (κ2) is 10.5. The van der Waals surface area contributed by atoms with E-state index in [1.165, 1.54) is 28.0 Å². The lowest BCUT2D eigenvalue weighted by molar-refractivity contribution is -0.113. The Morgan fingerprint density at radius 1 is 1.25 bits per heavy atom. The van der Waals surface area contributed by atoms with E-state index in [1.54, 1.807) is 28.9 Å². The molecule has 10 heteroatoms. The van der Waals surface area contributed by atoms with Crippen molar-refractivity contribution < 1.29 is 14.3 Å². The number of nitrogens with zero attached hydrogens (tertiary/aromatic N) is 2. The number of ether oxygens (including phenoxy) is 1. The highest BCUT2D eigenvalue weighted by molar-refractivity contribution is 7.99. The summed E-state index contributed by atoms with van der Waals surface area (Å²) in [6.07, 6.45) is 7.40. The maximum absolute atomic E-state index is 13.5. The molecule has 0 aliphatic heterocycles. The lowest BCUT2D eigenvalue weighted by Gasteiger charge is -2.17. The van der Waals surface area contributed by atoms with Gasteiger partial charge >= 0.3 is 5.97 Å². The molecule has 1 atom stereocenters.